The van der Waals surface area contributed by atoms with E-state index in [0.717, 1.165) is 23.4 Å². The number of carbonyl (C=O) groups excluding carboxylic acids is 1. The third-order valence-electron chi connectivity index (χ3n) is 5.81. The number of halogens is 2. The molecule has 180 valence electrons. The average Bonchev–Trinajstić information content (AvgIpc) is 2.78. The van der Waals surface area contributed by atoms with Crippen molar-refractivity contribution in [3.63, 3.8) is 0 Å². The van der Waals surface area contributed by atoms with E-state index in [4.69, 9.17) is 4.74 Å². The van der Waals surface area contributed by atoms with Gasteiger partial charge in [-0.15, -0.1) is 0 Å². The molecule has 1 aliphatic rings. The molecule has 7 heteroatoms. The van der Waals surface area contributed by atoms with E-state index in [1.165, 1.54) is 12.1 Å². The maximum atomic E-state index is 14.9. The molecule has 0 radical (unpaired) electrons. The Labute approximate surface area is 195 Å². The zero-order valence-corrected chi connectivity index (χ0v) is 19.8. The average molecular weight is 460 g/mol. The molecule has 3 rings (SSSR count). The third-order valence-corrected chi connectivity index (χ3v) is 5.81. The number of hydrogen-bond donors (Lipinski definition) is 1. The van der Waals surface area contributed by atoms with E-state index in [9.17, 15) is 13.6 Å². The minimum atomic E-state index is -1.12. The quantitative estimate of drug-likeness (QED) is 0.583. The minimum Gasteiger partial charge on any atom is -0.493 e. The van der Waals surface area contributed by atoms with E-state index >= 15 is 0 Å². The van der Waals surface area contributed by atoms with Gasteiger partial charge in [0.15, 0.2) is 0 Å². The maximum absolute atomic E-state index is 14.9. The smallest absolute Gasteiger partial charge is 0.237 e. The van der Waals surface area contributed by atoms with Crippen LogP contribution in [0, 0.1) is 11.7 Å². The van der Waals surface area contributed by atoms with Crippen LogP contribution in [0.3, 0.4) is 0 Å². The van der Waals surface area contributed by atoms with Gasteiger partial charge in [-0.1, -0.05) is 38.1 Å². The molecule has 2 aromatic rings. The first-order valence-corrected chi connectivity index (χ1v) is 11.6. The first-order valence-electron chi connectivity index (χ1n) is 11.6. The fourth-order valence-corrected chi connectivity index (χ4v) is 3.95. The molecule has 5 nitrogen and oxygen atoms in total. The third kappa shape index (κ3) is 7.79. The maximum Gasteiger partial charge on any atom is 0.237 e. The summed E-state index contributed by atoms with van der Waals surface area (Å²) in [7, 11) is 1.88. The van der Waals surface area contributed by atoms with Gasteiger partial charge in [0.1, 0.15) is 17.7 Å². The number of carbonyl (C=O) groups is 1. The second kappa shape index (κ2) is 12.1. The number of likely N-dealkylation sites (tertiary alicyclic amines) is 1. The van der Waals surface area contributed by atoms with Crippen molar-refractivity contribution in [3.8, 4) is 5.75 Å². The van der Waals surface area contributed by atoms with Crippen LogP contribution < -0.4 is 10.1 Å². The molecule has 1 aliphatic heterocycles. The van der Waals surface area contributed by atoms with E-state index in [-0.39, 0.29) is 24.8 Å². The Kier molecular flexibility index (Phi) is 9.21. The van der Waals surface area contributed by atoms with Crippen LogP contribution >= 0.6 is 0 Å². The summed E-state index contributed by atoms with van der Waals surface area (Å²) in [6, 6.07) is 13.3. The Morgan fingerprint density at radius 1 is 1.15 bits per heavy atom. The molecule has 0 aromatic heterocycles. The van der Waals surface area contributed by atoms with Crippen molar-refractivity contribution in [1.29, 1.82) is 0 Å². The molecule has 1 saturated heterocycles. The summed E-state index contributed by atoms with van der Waals surface area (Å²) in [5.41, 5.74) is 1.82. The molecule has 2 aromatic carbocycles. The van der Waals surface area contributed by atoms with Crippen LogP contribution in [0.25, 0.3) is 0 Å². The van der Waals surface area contributed by atoms with Gasteiger partial charge < -0.3 is 19.9 Å². The number of rotatable bonds is 10. The van der Waals surface area contributed by atoms with Crippen molar-refractivity contribution in [2.45, 2.75) is 45.6 Å². The highest BCUT2D eigenvalue weighted by atomic mass is 19.1. The molecule has 0 aliphatic carbocycles. The SMILES string of the molecule is CC(C)COc1ccc(CNCC(=O)N(Cc2ccc(F)cc2)[C@@H]2CCN(C)C[C@@H]2F)cc1. The molecule has 0 bridgehead atoms. The Morgan fingerprint density at radius 2 is 1.82 bits per heavy atom. The number of hydrogen-bond acceptors (Lipinski definition) is 4. The monoisotopic (exact) mass is 459 g/mol. The molecule has 0 unspecified atom stereocenters. The molecule has 2 atom stereocenters. The van der Waals surface area contributed by atoms with Crippen LogP contribution in [0.1, 0.15) is 31.4 Å². The highest BCUT2D eigenvalue weighted by Crippen LogP contribution is 2.22. The van der Waals surface area contributed by atoms with E-state index < -0.39 is 12.2 Å². The summed E-state index contributed by atoms with van der Waals surface area (Å²) < 4.78 is 33.9. The highest BCUT2D eigenvalue weighted by Gasteiger charge is 2.34. The Hall–Kier alpha value is -2.51. The second-order valence-electron chi connectivity index (χ2n) is 9.23. The predicted molar refractivity (Wildman–Crippen MR) is 126 cm³/mol. The van der Waals surface area contributed by atoms with Crippen molar-refractivity contribution < 1.29 is 18.3 Å². The van der Waals surface area contributed by atoms with Gasteiger partial charge in [-0.25, -0.2) is 8.78 Å². The Bertz CT molecular complexity index is 874. The highest BCUT2D eigenvalue weighted by molar-refractivity contribution is 5.78. The number of piperidine rings is 1. The number of nitrogens with zero attached hydrogens (tertiary/aromatic N) is 2. The van der Waals surface area contributed by atoms with Gasteiger partial charge in [0, 0.05) is 26.2 Å². The number of benzene rings is 2. The molecule has 0 saturated carbocycles. The topological polar surface area (TPSA) is 44.8 Å². The fourth-order valence-electron chi connectivity index (χ4n) is 3.95. The number of amides is 1. The number of alkyl halides is 1. The first kappa shape index (κ1) is 25.1. The molecule has 33 heavy (non-hydrogen) atoms. The zero-order valence-electron chi connectivity index (χ0n) is 19.8. The Morgan fingerprint density at radius 3 is 2.45 bits per heavy atom. The Balaban J connectivity index is 1.59. The van der Waals surface area contributed by atoms with Crippen LogP contribution in [-0.2, 0) is 17.9 Å². The lowest BCUT2D eigenvalue weighted by atomic mass is 10.0. The van der Waals surface area contributed by atoms with Gasteiger partial charge in [0.05, 0.1) is 19.2 Å². The van der Waals surface area contributed by atoms with E-state index in [1.54, 1.807) is 17.0 Å². The summed E-state index contributed by atoms with van der Waals surface area (Å²) in [4.78, 5) is 16.7. The van der Waals surface area contributed by atoms with E-state index in [2.05, 4.69) is 19.2 Å². The van der Waals surface area contributed by atoms with Crippen molar-refractivity contribution >= 4 is 5.91 Å². The summed E-state index contributed by atoms with van der Waals surface area (Å²) in [5.74, 6) is 0.795. The van der Waals surface area contributed by atoms with Crippen molar-refractivity contribution in [1.82, 2.24) is 15.1 Å². The van der Waals surface area contributed by atoms with Gasteiger partial charge in [-0.2, -0.15) is 0 Å². The normalized spacial score (nSPS) is 19.0. The van der Waals surface area contributed by atoms with Crippen LogP contribution in [0.15, 0.2) is 48.5 Å². The fraction of sp³-hybridized carbons (Fsp3) is 0.500. The van der Waals surface area contributed by atoms with Gasteiger partial charge >= 0.3 is 0 Å². The van der Waals surface area contributed by atoms with Crippen LogP contribution in [0.5, 0.6) is 5.75 Å². The molecule has 1 N–H and O–H groups in total. The first-order chi connectivity index (χ1) is 15.8. The van der Waals surface area contributed by atoms with Gasteiger partial charge in [0.2, 0.25) is 5.91 Å². The lowest BCUT2D eigenvalue weighted by Crippen LogP contribution is -2.54. The number of nitrogens with one attached hydrogen (secondary N) is 1. The van der Waals surface area contributed by atoms with Crippen LogP contribution in [0.4, 0.5) is 8.78 Å². The summed E-state index contributed by atoms with van der Waals surface area (Å²) in [6.45, 7) is 6.79. The van der Waals surface area contributed by atoms with Crippen molar-refractivity contribution in [2.75, 3.05) is 33.3 Å². The largest absolute Gasteiger partial charge is 0.493 e. The standard InChI is InChI=1S/C26H35F2N3O2/c1-19(2)18-33-23-10-6-20(7-11-23)14-29-15-26(32)31(16-21-4-8-22(27)9-5-21)25-12-13-30(3)17-24(25)28/h4-11,19,24-25,29H,12-18H2,1-3H3/t24-,25+/m0/s1. The molecule has 1 fully saturated rings. The lowest BCUT2D eigenvalue weighted by Gasteiger charge is -2.39. The van der Waals surface area contributed by atoms with Crippen LogP contribution in [-0.4, -0.2) is 61.2 Å². The molecule has 1 amide bonds. The van der Waals surface area contributed by atoms with Crippen LogP contribution in [0.2, 0.25) is 0 Å². The van der Waals surface area contributed by atoms with Gasteiger partial charge in [0.25, 0.3) is 0 Å². The molecular formula is C26H35F2N3O2. The minimum absolute atomic E-state index is 0.103. The summed E-state index contributed by atoms with van der Waals surface area (Å²) >= 11 is 0. The zero-order chi connectivity index (χ0) is 23.8. The van der Waals surface area contributed by atoms with E-state index in [1.807, 2.05) is 36.2 Å². The van der Waals surface area contributed by atoms with Gasteiger partial charge in [-0.05, 0) is 54.8 Å². The van der Waals surface area contributed by atoms with Crippen molar-refractivity contribution in [3.05, 3.63) is 65.5 Å². The number of ether oxygens (including phenoxy) is 1. The second-order valence-corrected chi connectivity index (χ2v) is 9.23. The predicted octanol–water partition coefficient (Wildman–Crippen LogP) is 4.02. The van der Waals surface area contributed by atoms with E-state index in [0.29, 0.717) is 32.0 Å². The lowest BCUT2D eigenvalue weighted by molar-refractivity contribution is -0.136. The van der Waals surface area contributed by atoms with Gasteiger partial charge in [-0.3, -0.25) is 4.79 Å². The molecule has 1 heterocycles. The molecular weight excluding hydrogens is 424 g/mol. The molecule has 0 spiro atoms. The van der Waals surface area contributed by atoms with Crippen molar-refractivity contribution in [2.24, 2.45) is 5.92 Å². The summed E-state index contributed by atoms with van der Waals surface area (Å²) in [6.07, 6.45) is -0.547. The summed E-state index contributed by atoms with van der Waals surface area (Å²) in [5, 5.41) is 3.18.